The van der Waals surface area contributed by atoms with E-state index in [-0.39, 0.29) is 0 Å². The van der Waals surface area contributed by atoms with E-state index in [1.165, 1.54) is 11.1 Å². The molecule has 0 spiro atoms. The zero-order valence-corrected chi connectivity index (χ0v) is 12.4. The van der Waals surface area contributed by atoms with Crippen LogP contribution in [0.3, 0.4) is 0 Å². The number of hydrogen-bond donors (Lipinski definition) is 1. The van der Waals surface area contributed by atoms with Crippen LogP contribution in [0.1, 0.15) is 41.6 Å². The van der Waals surface area contributed by atoms with E-state index in [1.54, 1.807) is 25.2 Å². The highest BCUT2D eigenvalue weighted by Gasteiger charge is 2.33. The molecule has 20 heavy (non-hydrogen) atoms. The van der Waals surface area contributed by atoms with Gasteiger partial charge in [-0.15, -0.1) is 11.3 Å². The number of rotatable bonds is 3. The molecule has 0 fully saturated rings. The van der Waals surface area contributed by atoms with Gasteiger partial charge in [0.1, 0.15) is 5.41 Å². The van der Waals surface area contributed by atoms with E-state index >= 15 is 0 Å². The lowest BCUT2D eigenvalue weighted by Crippen LogP contribution is -2.28. The Morgan fingerprint density at radius 1 is 1.30 bits per heavy atom. The third-order valence-corrected chi connectivity index (χ3v) is 5.10. The minimum Gasteiger partial charge on any atom is -0.481 e. The Morgan fingerprint density at radius 3 is 2.45 bits per heavy atom. The van der Waals surface area contributed by atoms with Gasteiger partial charge >= 0.3 is 5.97 Å². The molecule has 0 saturated carbocycles. The van der Waals surface area contributed by atoms with Crippen LogP contribution in [-0.2, 0) is 23.1 Å². The van der Waals surface area contributed by atoms with Crippen LogP contribution in [0.2, 0.25) is 0 Å². The summed E-state index contributed by atoms with van der Waals surface area (Å²) in [6.07, 6.45) is 2.02. The van der Waals surface area contributed by atoms with Crippen LogP contribution in [0.5, 0.6) is 0 Å². The maximum absolute atomic E-state index is 11.3. The maximum Gasteiger partial charge on any atom is 0.315 e. The summed E-state index contributed by atoms with van der Waals surface area (Å²) < 4.78 is 0. The molecule has 1 heterocycles. The summed E-state index contributed by atoms with van der Waals surface area (Å²) in [7, 11) is 0. The van der Waals surface area contributed by atoms with E-state index < -0.39 is 11.4 Å². The number of hydrogen-bond acceptors (Lipinski definition) is 3. The number of carboxylic acids is 1. The number of aliphatic carboxylic acids is 1. The molecule has 0 bridgehead atoms. The Morgan fingerprint density at radius 2 is 1.90 bits per heavy atom. The van der Waals surface area contributed by atoms with Gasteiger partial charge in [0.05, 0.1) is 10.7 Å². The molecule has 1 aliphatic rings. The van der Waals surface area contributed by atoms with Gasteiger partial charge < -0.3 is 5.11 Å². The third-order valence-electron chi connectivity index (χ3n) is 4.10. The fourth-order valence-electron chi connectivity index (χ4n) is 2.61. The normalized spacial score (nSPS) is 15.3. The maximum atomic E-state index is 11.3. The van der Waals surface area contributed by atoms with Gasteiger partial charge in [0, 0.05) is 11.3 Å². The second-order valence-electron chi connectivity index (χ2n) is 5.88. The Balaban J connectivity index is 1.85. The van der Waals surface area contributed by atoms with Crippen molar-refractivity contribution in [2.45, 2.75) is 38.0 Å². The number of benzene rings is 1. The zero-order chi connectivity index (χ0) is 14.3. The molecule has 0 unspecified atom stereocenters. The van der Waals surface area contributed by atoms with E-state index in [9.17, 15) is 9.90 Å². The molecule has 1 aromatic heterocycles. The average molecular weight is 287 g/mol. The summed E-state index contributed by atoms with van der Waals surface area (Å²) >= 11 is 1.59. The van der Waals surface area contributed by atoms with E-state index in [0.29, 0.717) is 11.6 Å². The second kappa shape index (κ2) is 4.70. The van der Waals surface area contributed by atoms with Gasteiger partial charge in [0.2, 0.25) is 0 Å². The van der Waals surface area contributed by atoms with Crippen molar-refractivity contribution in [3.63, 3.8) is 0 Å². The Bertz CT molecular complexity index is 635. The van der Waals surface area contributed by atoms with Crippen molar-refractivity contribution in [3.8, 4) is 0 Å². The van der Waals surface area contributed by atoms with Gasteiger partial charge in [-0.3, -0.25) is 4.79 Å². The lowest BCUT2D eigenvalue weighted by atomic mass is 9.90. The van der Waals surface area contributed by atoms with Crippen molar-refractivity contribution in [2.24, 2.45) is 0 Å². The minimum atomic E-state index is -0.916. The summed E-state index contributed by atoms with van der Waals surface area (Å²) in [6.45, 7) is 3.41. The predicted octanol–water partition coefficient (Wildman–Crippen LogP) is 3.39. The van der Waals surface area contributed by atoms with Gasteiger partial charge in [-0.1, -0.05) is 24.3 Å². The molecule has 0 amide bonds. The number of thiazole rings is 1. The first kappa shape index (κ1) is 13.3. The van der Waals surface area contributed by atoms with Gasteiger partial charge in [-0.05, 0) is 37.8 Å². The molecule has 0 saturated heterocycles. The summed E-state index contributed by atoms with van der Waals surface area (Å²) in [5.74, 6) is -0.431. The highest BCUT2D eigenvalue weighted by atomic mass is 32.1. The topological polar surface area (TPSA) is 50.2 Å². The van der Waals surface area contributed by atoms with Crippen LogP contribution in [0, 0.1) is 0 Å². The number of carbonyl (C=O) groups is 1. The van der Waals surface area contributed by atoms with Gasteiger partial charge in [0.15, 0.2) is 0 Å². The largest absolute Gasteiger partial charge is 0.481 e. The van der Waals surface area contributed by atoms with Crippen molar-refractivity contribution in [2.75, 3.05) is 0 Å². The molecular weight excluding hydrogens is 270 g/mol. The van der Waals surface area contributed by atoms with E-state index in [0.717, 1.165) is 17.8 Å². The fraction of sp³-hybridized carbons (Fsp3) is 0.375. The summed E-state index contributed by atoms with van der Waals surface area (Å²) in [4.78, 5) is 15.9. The van der Waals surface area contributed by atoms with Gasteiger partial charge in [-0.2, -0.15) is 0 Å². The smallest absolute Gasteiger partial charge is 0.315 e. The SMILES string of the molecule is CC(C)(C(=O)O)c1csc(C2Cc3ccccc3C2)n1. The minimum absolute atomic E-state index is 0.399. The summed E-state index contributed by atoms with van der Waals surface area (Å²) in [5, 5.41) is 12.2. The molecule has 4 heteroatoms. The van der Waals surface area contributed by atoms with Crippen molar-refractivity contribution in [1.82, 2.24) is 4.98 Å². The van der Waals surface area contributed by atoms with Crippen molar-refractivity contribution in [3.05, 3.63) is 51.5 Å². The molecule has 3 rings (SSSR count). The molecule has 104 valence electrons. The van der Waals surface area contributed by atoms with Crippen molar-refractivity contribution < 1.29 is 9.90 Å². The molecular formula is C16H17NO2S. The van der Waals surface area contributed by atoms with Crippen LogP contribution < -0.4 is 0 Å². The van der Waals surface area contributed by atoms with Gasteiger partial charge in [0.25, 0.3) is 0 Å². The Kier molecular flexibility index (Phi) is 3.13. The molecule has 0 atom stereocenters. The van der Waals surface area contributed by atoms with E-state index in [2.05, 4.69) is 29.2 Å². The first-order chi connectivity index (χ1) is 9.48. The first-order valence-electron chi connectivity index (χ1n) is 6.74. The fourth-order valence-corrected chi connectivity index (χ4v) is 3.70. The van der Waals surface area contributed by atoms with Crippen LogP contribution in [-0.4, -0.2) is 16.1 Å². The standard InChI is InChI=1S/C16H17NO2S/c1-16(2,15(18)19)13-9-20-14(17-13)12-7-10-5-3-4-6-11(10)8-12/h3-6,9,12H,7-8H2,1-2H3,(H,18,19). The van der Waals surface area contributed by atoms with E-state index in [4.69, 9.17) is 0 Å². The lowest BCUT2D eigenvalue weighted by Gasteiger charge is -2.16. The molecule has 1 aliphatic carbocycles. The second-order valence-corrected chi connectivity index (χ2v) is 6.76. The van der Waals surface area contributed by atoms with Crippen molar-refractivity contribution >= 4 is 17.3 Å². The van der Waals surface area contributed by atoms with Crippen LogP contribution in [0.4, 0.5) is 0 Å². The number of fused-ring (bicyclic) bond motifs is 1. The summed E-state index contributed by atoms with van der Waals surface area (Å²) in [5.41, 5.74) is 2.54. The van der Waals surface area contributed by atoms with Crippen molar-refractivity contribution in [1.29, 1.82) is 0 Å². The average Bonchev–Trinajstić information content (AvgIpc) is 3.05. The van der Waals surface area contributed by atoms with Gasteiger partial charge in [-0.25, -0.2) is 4.98 Å². The van der Waals surface area contributed by atoms with E-state index in [1.807, 2.05) is 5.38 Å². The monoisotopic (exact) mass is 287 g/mol. The summed E-state index contributed by atoms with van der Waals surface area (Å²) in [6, 6.07) is 8.49. The molecule has 1 N–H and O–H groups in total. The third kappa shape index (κ3) is 2.14. The highest BCUT2D eigenvalue weighted by Crippen LogP contribution is 2.36. The highest BCUT2D eigenvalue weighted by molar-refractivity contribution is 7.09. The number of nitrogens with zero attached hydrogens (tertiary/aromatic N) is 1. The zero-order valence-electron chi connectivity index (χ0n) is 11.6. The molecule has 3 nitrogen and oxygen atoms in total. The Labute approximate surface area is 122 Å². The van der Waals surface area contributed by atoms with Crippen LogP contribution >= 0.6 is 11.3 Å². The Hall–Kier alpha value is -1.68. The first-order valence-corrected chi connectivity index (χ1v) is 7.62. The quantitative estimate of drug-likeness (QED) is 0.941. The lowest BCUT2D eigenvalue weighted by molar-refractivity contribution is -0.142. The van der Waals surface area contributed by atoms with Crippen LogP contribution in [0.25, 0.3) is 0 Å². The molecule has 0 radical (unpaired) electrons. The number of aromatic nitrogens is 1. The number of carboxylic acid groups (broad SMARTS) is 1. The molecule has 0 aliphatic heterocycles. The predicted molar refractivity (Wildman–Crippen MR) is 79.4 cm³/mol. The molecule has 2 aromatic rings. The molecule has 1 aromatic carbocycles. The van der Waals surface area contributed by atoms with Crippen LogP contribution in [0.15, 0.2) is 29.6 Å².